The number of alkyl halides is 6. The van der Waals surface area contributed by atoms with Crippen molar-refractivity contribution in [1.82, 2.24) is 15.6 Å². The molecule has 1 heterocycles. The van der Waals surface area contributed by atoms with E-state index >= 15 is 0 Å². The number of aromatic nitrogens is 1. The number of carbonyl (C=O) groups excluding carboxylic acids is 5. The Bertz CT molecular complexity index is 1560. The number of Topliss-reactive ketones (excluding diaryl/α,β-unsaturated/α-hetero) is 2. The average Bonchev–Trinajstić information content (AvgIpc) is 3.03. The first kappa shape index (κ1) is 37.6. The number of nitrogens with one attached hydrogen (secondary N) is 2. The van der Waals surface area contributed by atoms with E-state index in [1.165, 1.54) is 0 Å². The number of rotatable bonds is 11. The summed E-state index contributed by atoms with van der Waals surface area (Å²) in [5.74, 6) is -7.84. The van der Waals surface area contributed by atoms with Crippen molar-refractivity contribution in [3.63, 3.8) is 0 Å². The van der Waals surface area contributed by atoms with Crippen molar-refractivity contribution in [3.05, 3.63) is 95.8 Å². The number of amidine groups is 1. The van der Waals surface area contributed by atoms with Crippen LogP contribution in [0.3, 0.4) is 0 Å². The zero-order valence-corrected chi connectivity index (χ0v) is 24.4. The Kier molecular flexibility index (Phi) is 13.7. The van der Waals surface area contributed by atoms with Gasteiger partial charge in [-0.1, -0.05) is 42.5 Å². The second-order valence-electron chi connectivity index (χ2n) is 9.17. The fourth-order valence-corrected chi connectivity index (χ4v) is 3.52. The van der Waals surface area contributed by atoms with Crippen molar-refractivity contribution in [2.75, 3.05) is 13.2 Å². The van der Waals surface area contributed by atoms with Crippen molar-refractivity contribution < 1.29 is 55.1 Å². The number of nitrogens with two attached hydrogens (primary N) is 1. The van der Waals surface area contributed by atoms with Crippen LogP contribution in [-0.2, 0) is 23.9 Å². The quantitative estimate of drug-likeness (QED) is 0.0909. The van der Waals surface area contributed by atoms with E-state index < -0.39 is 47.7 Å². The first-order valence-electron chi connectivity index (χ1n) is 13.4. The van der Waals surface area contributed by atoms with E-state index in [1.54, 1.807) is 55.7 Å². The number of ketones is 2. The lowest BCUT2D eigenvalue weighted by Crippen LogP contribution is -2.39. The third kappa shape index (κ3) is 12.7. The summed E-state index contributed by atoms with van der Waals surface area (Å²) in [6, 6.07) is 18.7. The van der Waals surface area contributed by atoms with Gasteiger partial charge in [-0.15, -0.1) is 0 Å². The summed E-state index contributed by atoms with van der Waals surface area (Å²) >= 11 is 0. The van der Waals surface area contributed by atoms with Gasteiger partial charge >= 0.3 is 29.9 Å². The Hall–Kier alpha value is -5.61. The topological polar surface area (TPSA) is 170 Å². The number of hydrogen-bond donors (Lipinski definition) is 3. The molecule has 0 bridgehead atoms. The Morgan fingerprint density at radius 2 is 1.49 bits per heavy atom. The number of hydrogen-bond acceptors (Lipinski definition) is 8. The van der Waals surface area contributed by atoms with Crippen molar-refractivity contribution in [3.8, 4) is 0 Å². The van der Waals surface area contributed by atoms with Gasteiger partial charge in [-0.25, -0.2) is 4.99 Å². The second-order valence-corrected chi connectivity index (χ2v) is 9.17. The number of nitrogens with zero attached hydrogens (tertiary/aromatic N) is 2. The van der Waals surface area contributed by atoms with E-state index in [4.69, 9.17) is 10.5 Å². The molecule has 2 aromatic carbocycles. The Labute approximate surface area is 263 Å². The number of aliphatic imine (C=N–C) groups is 1. The van der Waals surface area contributed by atoms with Gasteiger partial charge in [-0.2, -0.15) is 26.3 Å². The van der Waals surface area contributed by atoms with Crippen LogP contribution in [0.4, 0.5) is 32.0 Å². The molecule has 0 aliphatic heterocycles. The van der Waals surface area contributed by atoms with Crippen molar-refractivity contribution in [2.45, 2.75) is 31.7 Å². The van der Waals surface area contributed by atoms with Gasteiger partial charge in [0.25, 0.3) is 5.91 Å². The standard InChI is InChI=1S/C26H27N5O4.C4F6O2/c1-2-35-24(33)15-22(20-11-7-13-28-16-20)31-23(32)17-29-26(34)19-10-6-12-21(14-19)30-25(27)18-8-4-3-5-9-18;5-3(6,7)1(11)2(12)4(8,9)10/h3-14,16,22H,2,15,17H2,1H3,(H2,27,30)(H,29,34)(H,31,32);. The summed E-state index contributed by atoms with van der Waals surface area (Å²) in [6.07, 6.45) is -8.43. The van der Waals surface area contributed by atoms with Gasteiger partial charge in [0.1, 0.15) is 5.84 Å². The van der Waals surface area contributed by atoms with E-state index in [-0.39, 0.29) is 19.6 Å². The molecule has 0 saturated carbocycles. The molecule has 4 N–H and O–H groups in total. The minimum absolute atomic E-state index is 0.0535. The van der Waals surface area contributed by atoms with Gasteiger partial charge in [-0.05, 0) is 36.8 Å². The van der Waals surface area contributed by atoms with Crippen molar-refractivity contribution in [2.24, 2.45) is 10.7 Å². The smallest absolute Gasteiger partial charge is 0.458 e. The molecule has 47 heavy (non-hydrogen) atoms. The zero-order chi connectivity index (χ0) is 35.2. The van der Waals surface area contributed by atoms with Crippen LogP contribution >= 0.6 is 0 Å². The highest BCUT2D eigenvalue weighted by molar-refractivity contribution is 6.41. The van der Waals surface area contributed by atoms with Crippen LogP contribution in [0.2, 0.25) is 0 Å². The molecule has 1 aromatic heterocycles. The monoisotopic (exact) mass is 667 g/mol. The molecule has 0 spiro atoms. The molecule has 0 radical (unpaired) electrons. The van der Waals surface area contributed by atoms with Crippen LogP contribution in [0.5, 0.6) is 0 Å². The largest absolute Gasteiger partial charge is 0.466 e. The lowest BCUT2D eigenvalue weighted by atomic mass is 10.1. The van der Waals surface area contributed by atoms with E-state index in [1.807, 2.05) is 30.3 Å². The molecule has 11 nitrogen and oxygen atoms in total. The Morgan fingerprint density at radius 3 is 2.04 bits per heavy atom. The molecule has 0 fully saturated rings. The second kappa shape index (κ2) is 17.2. The van der Waals surface area contributed by atoms with E-state index in [0.717, 1.165) is 5.56 Å². The van der Waals surface area contributed by atoms with Crippen LogP contribution in [0.1, 0.15) is 40.9 Å². The highest BCUT2D eigenvalue weighted by Gasteiger charge is 2.54. The van der Waals surface area contributed by atoms with Crippen LogP contribution in [0.25, 0.3) is 0 Å². The number of carbonyl (C=O) groups is 5. The third-order valence-corrected chi connectivity index (χ3v) is 5.66. The van der Waals surface area contributed by atoms with Crippen LogP contribution in [-0.4, -0.2) is 65.7 Å². The number of benzene rings is 2. The first-order valence-corrected chi connectivity index (χ1v) is 13.4. The number of amides is 2. The highest BCUT2D eigenvalue weighted by atomic mass is 19.4. The molecule has 0 aliphatic carbocycles. The predicted octanol–water partition coefficient (Wildman–Crippen LogP) is 3.91. The molecule has 1 unspecified atom stereocenters. The van der Waals surface area contributed by atoms with E-state index in [2.05, 4.69) is 20.6 Å². The maximum absolute atomic E-state index is 12.6. The van der Waals surface area contributed by atoms with Crippen LogP contribution in [0.15, 0.2) is 84.1 Å². The van der Waals surface area contributed by atoms with Crippen LogP contribution in [0, 0.1) is 0 Å². The van der Waals surface area contributed by atoms with Crippen molar-refractivity contribution in [1.29, 1.82) is 0 Å². The number of ether oxygens (including phenoxy) is 1. The lowest BCUT2D eigenvalue weighted by Gasteiger charge is -2.18. The molecule has 0 aliphatic rings. The minimum atomic E-state index is -5.77. The lowest BCUT2D eigenvalue weighted by molar-refractivity contribution is -0.193. The van der Waals surface area contributed by atoms with Crippen molar-refractivity contribution >= 4 is 40.9 Å². The van der Waals surface area contributed by atoms with Gasteiger partial charge in [0, 0.05) is 23.5 Å². The van der Waals surface area contributed by atoms with Gasteiger partial charge in [-0.3, -0.25) is 29.0 Å². The molecular formula is C30H27F6N5O6. The zero-order valence-electron chi connectivity index (χ0n) is 24.4. The molecule has 1 atom stereocenters. The summed E-state index contributed by atoms with van der Waals surface area (Å²) in [7, 11) is 0. The number of pyridine rings is 1. The maximum Gasteiger partial charge on any atom is 0.458 e. The summed E-state index contributed by atoms with van der Waals surface area (Å²) in [5, 5.41) is 5.34. The van der Waals surface area contributed by atoms with Gasteiger partial charge in [0.2, 0.25) is 5.91 Å². The molecule has 0 saturated heterocycles. The third-order valence-electron chi connectivity index (χ3n) is 5.66. The fraction of sp³-hybridized carbons (Fsp3) is 0.233. The summed E-state index contributed by atoms with van der Waals surface area (Å²) in [6.45, 7) is 1.67. The first-order chi connectivity index (χ1) is 22.0. The number of esters is 1. The molecule has 3 aromatic rings. The van der Waals surface area contributed by atoms with Gasteiger partial charge < -0.3 is 21.1 Å². The van der Waals surface area contributed by atoms with Gasteiger partial charge in [0.15, 0.2) is 0 Å². The Balaban J connectivity index is 0.000000544. The van der Waals surface area contributed by atoms with E-state index in [9.17, 15) is 50.3 Å². The molecule has 3 rings (SSSR count). The van der Waals surface area contributed by atoms with Gasteiger partial charge in [0.05, 0.1) is 31.3 Å². The molecule has 2 amide bonds. The highest BCUT2D eigenvalue weighted by Crippen LogP contribution is 2.24. The Morgan fingerprint density at radius 1 is 0.872 bits per heavy atom. The maximum atomic E-state index is 12.6. The minimum Gasteiger partial charge on any atom is -0.466 e. The number of halogens is 6. The summed E-state index contributed by atoms with van der Waals surface area (Å²) in [4.78, 5) is 64.8. The molecule has 17 heteroatoms. The summed E-state index contributed by atoms with van der Waals surface area (Å²) in [5.41, 5.74) is 8.32. The van der Waals surface area contributed by atoms with Crippen LogP contribution < -0.4 is 16.4 Å². The molecule has 250 valence electrons. The predicted molar refractivity (Wildman–Crippen MR) is 154 cm³/mol. The fourth-order valence-electron chi connectivity index (χ4n) is 3.52. The normalized spacial score (nSPS) is 12.1. The van der Waals surface area contributed by atoms with E-state index in [0.29, 0.717) is 22.6 Å². The summed E-state index contributed by atoms with van der Waals surface area (Å²) < 4.78 is 72.0. The average molecular weight is 668 g/mol. The molecular weight excluding hydrogens is 640 g/mol. The SMILES string of the molecule is CCOC(=O)CC(NC(=O)CNC(=O)c1cccc(N=C(N)c2ccccc2)c1)c1cccnc1.O=C(C(=O)C(F)(F)F)C(F)(F)F.